The van der Waals surface area contributed by atoms with E-state index in [9.17, 15) is 14.6 Å². The number of pyridine rings is 1. The highest BCUT2D eigenvalue weighted by molar-refractivity contribution is 5.46. The molecule has 4 nitrogen and oxygen atoms in total. The van der Waals surface area contributed by atoms with Crippen LogP contribution in [0.4, 0.5) is 10.2 Å². The Kier molecular flexibility index (Phi) is 3.82. The van der Waals surface area contributed by atoms with Crippen LogP contribution in [-0.2, 0) is 6.61 Å². The molecule has 2 rings (SSSR count). The maximum atomic E-state index is 13.1. The molecule has 1 fully saturated rings. The van der Waals surface area contributed by atoms with Crippen molar-refractivity contribution in [3.63, 3.8) is 0 Å². The fourth-order valence-electron chi connectivity index (χ4n) is 2.35. The van der Waals surface area contributed by atoms with Gasteiger partial charge in [0.15, 0.2) is 0 Å². The molecule has 5 heteroatoms. The predicted molar refractivity (Wildman–Crippen MR) is 66.8 cm³/mol. The van der Waals surface area contributed by atoms with Crippen LogP contribution in [0, 0.1) is 5.82 Å². The molecule has 100 valence electrons. The zero-order valence-electron chi connectivity index (χ0n) is 10.6. The van der Waals surface area contributed by atoms with Crippen LogP contribution >= 0.6 is 0 Å². The van der Waals surface area contributed by atoms with Gasteiger partial charge >= 0.3 is 0 Å². The second-order valence-corrected chi connectivity index (χ2v) is 5.13. The lowest BCUT2D eigenvalue weighted by Gasteiger charge is -2.24. The standard InChI is InChI=1S/C13H19FN2O2/c1-13(18)3-2-5-16(6-4-13)12-10(9-17)7-11(14)8-15-12/h7-8,17-18H,2-6,9H2,1H3. The summed E-state index contributed by atoms with van der Waals surface area (Å²) in [5.41, 5.74) is -0.148. The summed E-state index contributed by atoms with van der Waals surface area (Å²) in [5, 5.41) is 19.3. The molecule has 0 radical (unpaired) electrons. The zero-order valence-corrected chi connectivity index (χ0v) is 10.6. The van der Waals surface area contributed by atoms with E-state index in [2.05, 4.69) is 4.98 Å². The number of nitrogens with zero attached hydrogens (tertiary/aromatic N) is 2. The minimum absolute atomic E-state index is 0.229. The number of halogens is 1. The molecule has 0 amide bonds. The van der Waals surface area contributed by atoms with Crippen LogP contribution in [0.1, 0.15) is 31.7 Å². The average molecular weight is 254 g/mol. The minimum atomic E-state index is -0.645. The Morgan fingerprint density at radius 3 is 2.94 bits per heavy atom. The van der Waals surface area contributed by atoms with Gasteiger partial charge in [-0.1, -0.05) is 0 Å². The number of aromatic nitrogens is 1. The molecule has 1 atom stereocenters. The van der Waals surface area contributed by atoms with Gasteiger partial charge in [-0.25, -0.2) is 9.37 Å². The maximum Gasteiger partial charge on any atom is 0.142 e. The zero-order chi connectivity index (χ0) is 13.2. The molecule has 0 aliphatic carbocycles. The number of aliphatic hydroxyl groups excluding tert-OH is 1. The van der Waals surface area contributed by atoms with Gasteiger partial charge in [0.1, 0.15) is 11.6 Å². The topological polar surface area (TPSA) is 56.6 Å². The van der Waals surface area contributed by atoms with Crippen molar-refractivity contribution in [1.29, 1.82) is 0 Å². The molecule has 1 saturated heterocycles. The lowest BCUT2D eigenvalue weighted by atomic mass is 9.98. The summed E-state index contributed by atoms with van der Waals surface area (Å²) in [4.78, 5) is 6.08. The molecule has 1 aromatic heterocycles. The lowest BCUT2D eigenvalue weighted by Crippen LogP contribution is -2.29. The molecule has 2 heterocycles. The molecular weight excluding hydrogens is 235 g/mol. The Morgan fingerprint density at radius 1 is 1.44 bits per heavy atom. The predicted octanol–water partition coefficient (Wildman–Crippen LogP) is 1.45. The van der Waals surface area contributed by atoms with E-state index in [1.165, 1.54) is 6.07 Å². The quantitative estimate of drug-likeness (QED) is 0.839. The van der Waals surface area contributed by atoms with Crippen molar-refractivity contribution < 1.29 is 14.6 Å². The molecule has 1 aliphatic rings. The van der Waals surface area contributed by atoms with Crippen molar-refractivity contribution in [2.75, 3.05) is 18.0 Å². The van der Waals surface area contributed by atoms with E-state index in [1.54, 1.807) is 0 Å². The van der Waals surface area contributed by atoms with Gasteiger partial charge in [-0.3, -0.25) is 0 Å². The molecule has 18 heavy (non-hydrogen) atoms. The Hall–Kier alpha value is -1.20. The molecule has 0 saturated carbocycles. The Balaban J connectivity index is 2.21. The van der Waals surface area contributed by atoms with Gasteiger partial charge in [0.2, 0.25) is 0 Å². The molecule has 2 N–H and O–H groups in total. The highest BCUT2D eigenvalue weighted by Gasteiger charge is 2.26. The summed E-state index contributed by atoms with van der Waals surface area (Å²) in [6, 6.07) is 1.31. The van der Waals surface area contributed by atoms with Crippen LogP contribution in [0.2, 0.25) is 0 Å². The normalized spacial score (nSPS) is 25.0. The molecule has 1 aliphatic heterocycles. The van der Waals surface area contributed by atoms with E-state index >= 15 is 0 Å². The molecule has 0 bridgehead atoms. The number of hydrogen-bond donors (Lipinski definition) is 2. The first-order chi connectivity index (χ1) is 8.52. The fourth-order valence-corrected chi connectivity index (χ4v) is 2.35. The van der Waals surface area contributed by atoms with Crippen molar-refractivity contribution in [3.05, 3.63) is 23.6 Å². The third-order valence-electron chi connectivity index (χ3n) is 3.44. The van der Waals surface area contributed by atoms with E-state index in [4.69, 9.17) is 0 Å². The van der Waals surface area contributed by atoms with Gasteiger partial charge in [-0.15, -0.1) is 0 Å². The second kappa shape index (κ2) is 5.20. The van der Waals surface area contributed by atoms with E-state index in [0.29, 0.717) is 24.3 Å². The average Bonchev–Trinajstić information content (AvgIpc) is 2.50. The van der Waals surface area contributed by atoms with E-state index in [0.717, 1.165) is 25.6 Å². The van der Waals surface area contributed by atoms with Crippen molar-refractivity contribution in [2.45, 2.75) is 38.4 Å². The molecule has 1 unspecified atom stereocenters. The monoisotopic (exact) mass is 254 g/mol. The summed E-state index contributed by atoms with van der Waals surface area (Å²) in [5.74, 6) is 0.182. The third kappa shape index (κ3) is 2.97. The molecule has 0 aromatic carbocycles. The smallest absolute Gasteiger partial charge is 0.142 e. The first kappa shape index (κ1) is 13.2. The number of anilines is 1. The first-order valence-corrected chi connectivity index (χ1v) is 6.24. The van der Waals surface area contributed by atoms with Gasteiger partial charge < -0.3 is 15.1 Å². The van der Waals surface area contributed by atoms with Crippen molar-refractivity contribution in [2.24, 2.45) is 0 Å². The van der Waals surface area contributed by atoms with Crippen LogP contribution in [0.3, 0.4) is 0 Å². The van der Waals surface area contributed by atoms with Gasteiger partial charge in [0.05, 0.1) is 18.4 Å². The SMILES string of the molecule is CC1(O)CCCN(c2ncc(F)cc2CO)CC1. The van der Waals surface area contributed by atoms with Gasteiger partial charge in [-0.05, 0) is 32.3 Å². The number of rotatable bonds is 2. The second-order valence-electron chi connectivity index (χ2n) is 5.13. The Bertz CT molecular complexity index is 423. The van der Waals surface area contributed by atoms with Crippen molar-refractivity contribution in [3.8, 4) is 0 Å². The highest BCUT2D eigenvalue weighted by Crippen LogP contribution is 2.26. The van der Waals surface area contributed by atoms with Crippen LogP contribution in [0.15, 0.2) is 12.3 Å². The summed E-state index contributed by atoms with van der Waals surface area (Å²) in [6.45, 7) is 3.04. The van der Waals surface area contributed by atoms with Crippen molar-refractivity contribution in [1.82, 2.24) is 4.98 Å². The third-order valence-corrected chi connectivity index (χ3v) is 3.44. The van der Waals surface area contributed by atoms with Gasteiger partial charge in [0.25, 0.3) is 0 Å². The van der Waals surface area contributed by atoms with Gasteiger partial charge in [-0.2, -0.15) is 0 Å². The summed E-state index contributed by atoms with van der Waals surface area (Å²) in [7, 11) is 0. The molecule has 0 spiro atoms. The van der Waals surface area contributed by atoms with Crippen LogP contribution in [0.25, 0.3) is 0 Å². The highest BCUT2D eigenvalue weighted by atomic mass is 19.1. The molecule has 1 aromatic rings. The lowest BCUT2D eigenvalue weighted by molar-refractivity contribution is 0.0481. The largest absolute Gasteiger partial charge is 0.392 e. The van der Waals surface area contributed by atoms with Crippen LogP contribution in [-0.4, -0.2) is 33.9 Å². The fraction of sp³-hybridized carbons (Fsp3) is 0.615. The Morgan fingerprint density at radius 2 is 2.22 bits per heavy atom. The number of hydrogen-bond acceptors (Lipinski definition) is 4. The summed E-state index contributed by atoms with van der Waals surface area (Å²) < 4.78 is 13.1. The van der Waals surface area contributed by atoms with Gasteiger partial charge in [0, 0.05) is 18.7 Å². The van der Waals surface area contributed by atoms with Crippen LogP contribution in [0.5, 0.6) is 0 Å². The maximum absolute atomic E-state index is 13.1. The minimum Gasteiger partial charge on any atom is -0.392 e. The van der Waals surface area contributed by atoms with E-state index in [1.807, 2.05) is 11.8 Å². The van der Waals surface area contributed by atoms with E-state index < -0.39 is 11.4 Å². The summed E-state index contributed by atoms with van der Waals surface area (Å²) in [6.07, 6.45) is 3.42. The van der Waals surface area contributed by atoms with Crippen molar-refractivity contribution >= 4 is 5.82 Å². The van der Waals surface area contributed by atoms with Crippen LogP contribution < -0.4 is 4.90 Å². The Labute approximate surface area is 106 Å². The first-order valence-electron chi connectivity index (χ1n) is 6.24. The summed E-state index contributed by atoms with van der Waals surface area (Å²) >= 11 is 0. The van der Waals surface area contributed by atoms with E-state index in [-0.39, 0.29) is 6.61 Å². The molecular formula is C13H19FN2O2. The number of aliphatic hydroxyl groups is 2.